The third-order valence-electron chi connectivity index (χ3n) is 12.2. The molecule has 0 heterocycles. The molecule has 0 aromatic heterocycles. The quantitative estimate of drug-likeness (QED) is 0.0599. The zero-order valence-electron chi connectivity index (χ0n) is 41.8. The maximum Gasteiger partial charge on any atom is 0.425 e. The fourth-order valence-corrected chi connectivity index (χ4v) is 13.4. The second-order valence-electron chi connectivity index (χ2n) is 17.6. The summed E-state index contributed by atoms with van der Waals surface area (Å²) in [6.07, 6.45) is 1.27. The van der Waals surface area contributed by atoms with E-state index in [4.69, 9.17) is 31.6 Å². The van der Waals surface area contributed by atoms with Crippen molar-refractivity contribution in [3.8, 4) is 40.2 Å². The Morgan fingerprint density at radius 2 is 0.785 bits per heavy atom. The summed E-state index contributed by atoms with van der Waals surface area (Å²) in [5.41, 5.74) is 4.94. The van der Waals surface area contributed by atoms with Crippen molar-refractivity contribution < 1.29 is 70.5 Å². The highest BCUT2D eigenvalue weighted by molar-refractivity contribution is 7.91. The van der Waals surface area contributed by atoms with Crippen LogP contribution < -0.4 is 34.9 Å². The molecule has 16 nitrogen and oxygen atoms in total. The summed E-state index contributed by atoms with van der Waals surface area (Å²) in [5, 5.41) is 0.211. The number of hydrogen-bond donors (Lipinski definition) is 2. The Kier molecular flexibility index (Phi) is 17.5. The van der Waals surface area contributed by atoms with Crippen molar-refractivity contribution >= 4 is 63.7 Å². The van der Waals surface area contributed by atoms with Crippen molar-refractivity contribution in [3.05, 3.63) is 240 Å². The van der Waals surface area contributed by atoms with Gasteiger partial charge in [-0.2, -0.15) is 16.8 Å². The van der Waals surface area contributed by atoms with E-state index in [0.29, 0.717) is 29.4 Å². The fraction of sp³-hybridized carbons (Fsp3) is 0.0690. The first-order chi connectivity index (χ1) is 37.6. The van der Waals surface area contributed by atoms with Gasteiger partial charge in [0.1, 0.15) is 45.1 Å². The summed E-state index contributed by atoms with van der Waals surface area (Å²) >= 11 is 0. The normalized spacial score (nSPS) is 12.3. The number of benzene rings is 9. The lowest BCUT2D eigenvalue weighted by atomic mass is 10.0. The minimum atomic E-state index is -4.97. The molecule has 0 saturated heterocycles. The van der Waals surface area contributed by atoms with Crippen LogP contribution in [0, 0.1) is 6.92 Å². The summed E-state index contributed by atoms with van der Waals surface area (Å²) in [6.45, 7) is 1.82. The molecule has 1 atom stereocenters. The van der Waals surface area contributed by atoms with Gasteiger partial charge in [0.25, 0.3) is 20.2 Å². The van der Waals surface area contributed by atoms with Gasteiger partial charge in [0.05, 0.1) is 21.8 Å². The van der Waals surface area contributed by atoms with Crippen LogP contribution in [0.5, 0.6) is 40.2 Å². The van der Waals surface area contributed by atoms with Crippen molar-refractivity contribution in [2.45, 2.75) is 39.3 Å². The van der Waals surface area contributed by atoms with Gasteiger partial charge in [-0.15, -0.1) is 12.6 Å². The van der Waals surface area contributed by atoms with Gasteiger partial charge >= 0.3 is 10.6 Å². The zero-order valence-corrected chi connectivity index (χ0v) is 46.0. The van der Waals surface area contributed by atoms with Gasteiger partial charge in [-0.3, -0.25) is 9.11 Å². The molecule has 0 aliphatic heterocycles. The topological polar surface area (TPSA) is 248 Å². The molecule has 0 radical (unpaired) electrons. The molecule has 2 N–H and O–H groups in total. The molecule has 0 aliphatic carbocycles. The van der Waals surface area contributed by atoms with Gasteiger partial charge < -0.3 is 23.5 Å². The molecule has 0 spiro atoms. The van der Waals surface area contributed by atoms with E-state index in [1.54, 1.807) is 92.0 Å². The number of ether oxygens (including phenoxy) is 4. The molecule has 0 bridgehead atoms. The van der Waals surface area contributed by atoms with Gasteiger partial charge in [-0.05, 0) is 169 Å². The van der Waals surface area contributed by atoms with Crippen LogP contribution in [0.3, 0.4) is 0 Å². The lowest BCUT2D eigenvalue weighted by Gasteiger charge is -2.22. The van der Waals surface area contributed by atoms with E-state index in [1.165, 1.54) is 48.5 Å². The molecule has 0 amide bonds. The molecule has 21 heteroatoms. The third-order valence-corrected chi connectivity index (χ3v) is 18.7. The molecule has 79 heavy (non-hydrogen) atoms. The Morgan fingerprint density at radius 1 is 0.418 bits per heavy atom. The van der Waals surface area contributed by atoms with Crippen molar-refractivity contribution in [1.29, 1.82) is 0 Å². The zero-order chi connectivity index (χ0) is 56.5. The average molecular weight is 1160 g/mol. The van der Waals surface area contributed by atoms with E-state index in [2.05, 4.69) is 0 Å². The SMILES string of the molecule is COc1ccc(Cc2ccc(Oc3ccc(S(=O)(=O)c4ccc(Oc5ccc(Cc6ccc(Oc7ccc(P(=O)(c8ccc(C)cc8)c8cccc(S(=O)(=O)O)c8)cc7S(=O)(=O)O)cc6)cc5)cc4)cc3)cc2)cc1.O=S(=O)=O. The van der Waals surface area contributed by atoms with Crippen molar-refractivity contribution in [1.82, 2.24) is 0 Å². The van der Waals surface area contributed by atoms with Gasteiger partial charge in [0, 0.05) is 15.9 Å². The highest BCUT2D eigenvalue weighted by atomic mass is 32.2. The number of hydrogen-bond acceptors (Lipinski definition) is 14. The van der Waals surface area contributed by atoms with Gasteiger partial charge in [0.15, 0.2) is 7.14 Å². The van der Waals surface area contributed by atoms with E-state index in [-0.39, 0.29) is 37.2 Å². The summed E-state index contributed by atoms with van der Waals surface area (Å²) in [4.78, 5) is -0.951. The van der Waals surface area contributed by atoms with Crippen molar-refractivity contribution in [3.63, 3.8) is 0 Å². The number of sulfone groups is 1. The van der Waals surface area contributed by atoms with E-state index in [0.717, 1.165) is 58.2 Å². The maximum atomic E-state index is 15.2. The smallest absolute Gasteiger partial charge is 0.425 e. The lowest BCUT2D eigenvalue weighted by Crippen LogP contribution is -2.26. The highest BCUT2D eigenvalue weighted by Crippen LogP contribution is 2.45. The Balaban J connectivity index is 0.00000199. The first-order valence-electron chi connectivity index (χ1n) is 23.6. The van der Waals surface area contributed by atoms with Crippen LogP contribution >= 0.6 is 7.14 Å². The summed E-state index contributed by atoms with van der Waals surface area (Å²) in [6, 6.07) is 57.5. The molecule has 0 saturated carbocycles. The molecule has 1 unspecified atom stereocenters. The Hall–Kier alpha value is -8.20. The third kappa shape index (κ3) is 14.5. The molecule has 9 aromatic carbocycles. The predicted octanol–water partition coefficient (Wildman–Crippen LogP) is 10.5. The van der Waals surface area contributed by atoms with Crippen LogP contribution in [0.1, 0.15) is 27.8 Å². The average Bonchev–Trinajstić information content (AvgIpc) is 3.43. The predicted molar refractivity (Wildman–Crippen MR) is 296 cm³/mol. The van der Waals surface area contributed by atoms with Crippen molar-refractivity contribution in [2.24, 2.45) is 0 Å². The monoisotopic (exact) mass is 1160 g/mol. The molecule has 404 valence electrons. The Morgan fingerprint density at radius 3 is 1.18 bits per heavy atom. The highest BCUT2D eigenvalue weighted by Gasteiger charge is 2.33. The van der Waals surface area contributed by atoms with Crippen LogP contribution in [0.4, 0.5) is 0 Å². The minimum Gasteiger partial charge on any atom is -0.497 e. The lowest BCUT2D eigenvalue weighted by molar-refractivity contribution is 0.414. The second-order valence-corrected chi connectivity index (χ2v) is 25.6. The van der Waals surface area contributed by atoms with Crippen LogP contribution in [0.15, 0.2) is 232 Å². The molecular formula is C58H47O16PS4. The summed E-state index contributed by atoms with van der Waals surface area (Å²) < 4.78 is 161. The minimum absolute atomic E-state index is 0.00147. The van der Waals surface area contributed by atoms with E-state index < -0.39 is 57.6 Å². The number of rotatable bonds is 18. The maximum absolute atomic E-state index is 15.2. The van der Waals surface area contributed by atoms with Crippen LogP contribution in [0.25, 0.3) is 0 Å². The van der Waals surface area contributed by atoms with Gasteiger partial charge in [-0.1, -0.05) is 90.5 Å². The van der Waals surface area contributed by atoms with Crippen LogP contribution in [-0.4, -0.2) is 54.1 Å². The van der Waals surface area contributed by atoms with Crippen LogP contribution in [-0.2, 0) is 58.1 Å². The second kappa shape index (κ2) is 24.2. The first-order valence-corrected chi connectivity index (χ1v) is 30.7. The number of methoxy groups -OCH3 is 1. The Labute approximate surface area is 458 Å². The van der Waals surface area contributed by atoms with Gasteiger partial charge in [0.2, 0.25) is 9.84 Å². The molecular weight excluding hydrogens is 1110 g/mol. The standard InChI is InChI=1S/C58H47O13PS3.O3S/c1-40-6-28-51(29-7-40)72(59,52-4-3-5-56(38-52)74(62,63)64)53-30-35-57(58(39-53)75(65,66)67)71-50-22-14-44(15-23-50)37-43-12-20-47(21-13-43)70-49-26-33-55(34-27-49)73(60,61)54-31-24-48(25-32-54)69-46-18-10-42(11-19-46)36-41-8-16-45(68-2)17-9-41;1-4(2)3/h3-35,38-39H,36-37H2,1-2H3,(H,62,63,64)(H,65,66,67);. The van der Waals surface area contributed by atoms with E-state index >= 15 is 4.57 Å². The summed E-state index contributed by atoms with van der Waals surface area (Å²) in [7, 11) is -19.0. The Bertz CT molecular complexity index is 4140. The van der Waals surface area contributed by atoms with E-state index in [1.807, 2.05) is 67.6 Å². The molecule has 9 rings (SSSR count). The van der Waals surface area contributed by atoms with Crippen LogP contribution in [0.2, 0.25) is 0 Å². The molecule has 9 aromatic rings. The first kappa shape index (κ1) is 57.0. The van der Waals surface area contributed by atoms with E-state index in [9.17, 15) is 34.4 Å². The fourth-order valence-electron chi connectivity index (χ4n) is 8.17. The largest absolute Gasteiger partial charge is 0.497 e. The molecule has 0 aliphatic rings. The summed E-state index contributed by atoms with van der Waals surface area (Å²) in [5.74, 6) is 2.88. The number of aryl methyl sites for hydroxylation is 1. The van der Waals surface area contributed by atoms with Crippen molar-refractivity contribution in [2.75, 3.05) is 7.11 Å². The molecule has 0 fully saturated rings. The van der Waals surface area contributed by atoms with Gasteiger partial charge in [-0.25, -0.2) is 8.42 Å².